The molecule has 5 rings (SSSR count). The number of aliphatic imine (C=N–C) groups is 1. The highest BCUT2D eigenvalue weighted by Gasteiger charge is 2.46. The number of hydrogen-bond donors (Lipinski definition) is 0. The fourth-order valence-corrected chi connectivity index (χ4v) is 3.93. The van der Waals surface area contributed by atoms with E-state index in [2.05, 4.69) is 4.99 Å². The number of fused-ring (bicyclic) bond motifs is 3. The van der Waals surface area contributed by atoms with Gasteiger partial charge in [0.05, 0.1) is 16.3 Å². The molecule has 136 valence electrons. The van der Waals surface area contributed by atoms with E-state index in [-0.39, 0.29) is 12.3 Å². The first-order valence-electron chi connectivity index (χ1n) is 8.54. The highest BCUT2D eigenvalue weighted by molar-refractivity contribution is 6.11. The molecule has 8 nitrogen and oxygen atoms in total. The van der Waals surface area contributed by atoms with Crippen LogP contribution >= 0.6 is 0 Å². The van der Waals surface area contributed by atoms with Crippen LogP contribution < -0.4 is 9.47 Å². The van der Waals surface area contributed by atoms with Crippen molar-refractivity contribution in [3.8, 4) is 11.5 Å². The Morgan fingerprint density at radius 1 is 1.00 bits per heavy atom. The van der Waals surface area contributed by atoms with Crippen LogP contribution in [0.15, 0.2) is 41.4 Å². The number of carbonyl (C=O) groups excluding carboxylic acids is 1. The Kier molecular flexibility index (Phi) is 3.40. The molecule has 0 radical (unpaired) electrons. The molecule has 3 heterocycles. The van der Waals surface area contributed by atoms with Gasteiger partial charge >= 0.3 is 5.97 Å². The zero-order valence-corrected chi connectivity index (χ0v) is 14.1. The summed E-state index contributed by atoms with van der Waals surface area (Å²) in [6.07, 6.45) is 0. The van der Waals surface area contributed by atoms with Crippen LogP contribution in [0.25, 0.3) is 0 Å². The van der Waals surface area contributed by atoms with Gasteiger partial charge in [-0.3, -0.25) is 19.9 Å². The maximum Gasteiger partial charge on any atom is 0.316 e. The van der Waals surface area contributed by atoms with Gasteiger partial charge in [-0.05, 0) is 11.6 Å². The van der Waals surface area contributed by atoms with Crippen molar-refractivity contribution in [3.05, 3.63) is 57.6 Å². The number of nitro groups is 1. The molecule has 2 aromatic rings. The van der Waals surface area contributed by atoms with E-state index in [1.165, 1.54) is 6.07 Å². The lowest BCUT2D eigenvalue weighted by Gasteiger charge is -2.29. The summed E-state index contributed by atoms with van der Waals surface area (Å²) in [4.78, 5) is 28.2. The van der Waals surface area contributed by atoms with Crippen LogP contribution in [-0.2, 0) is 9.53 Å². The van der Waals surface area contributed by atoms with E-state index in [4.69, 9.17) is 14.2 Å². The quantitative estimate of drug-likeness (QED) is 0.460. The number of ether oxygens (including phenoxy) is 3. The summed E-state index contributed by atoms with van der Waals surface area (Å²) in [6.45, 7) is 0.955. The topological polar surface area (TPSA) is 100 Å². The molecule has 3 aliphatic heterocycles. The monoisotopic (exact) mass is 366 g/mol. The number of hydrogen-bond acceptors (Lipinski definition) is 7. The third-order valence-corrected chi connectivity index (χ3v) is 5.07. The molecule has 0 N–H and O–H groups in total. The van der Waals surface area contributed by atoms with Crippen molar-refractivity contribution in [2.45, 2.75) is 5.92 Å². The predicted molar refractivity (Wildman–Crippen MR) is 93.9 cm³/mol. The maximum absolute atomic E-state index is 12.4. The lowest BCUT2D eigenvalue weighted by atomic mass is 9.76. The van der Waals surface area contributed by atoms with E-state index < -0.39 is 22.7 Å². The van der Waals surface area contributed by atoms with E-state index in [1.807, 2.05) is 0 Å². The van der Waals surface area contributed by atoms with Gasteiger partial charge in [-0.1, -0.05) is 18.2 Å². The van der Waals surface area contributed by atoms with Crippen LogP contribution in [0.5, 0.6) is 11.5 Å². The molecule has 0 spiro atoms. The Bertz CT molecular complexity index is 1020. The smallest absolute Gasteiger partial charge is 0.316 e. The lowest BCUT2D eigenvalue weighted by Crippen LogP contribution is -2.28. The van der Waals surface area contributed by atoms with Gasteiger partial charge in [0.15, 0.2) is 11.5 Å². The van der Waals surface area contributed by atoms with Gasteiger partial charge in [-0.15, -0.1) is 0 Å². The van der Waals surface area contributed by atoms with Crippen molar-refractivity contribution >= 4 is 23.1 Å². The van der Waals surface area contributed by atoms with Crippen molar-refractivity contribution in [2.75, 3.05) is 19.8 Å². The van der Waals surface area contributed by atoms with Gasteiger partial charge in [-0.25, -0.2) is 0 Å². The van der Waals surface area contributed by atoms with E-state index in [9.17, 15) is 14.9 Å². The number of cyclic esters (lactones) is 1. The molecular weight excluding hydrogens is 352 g/mol. The highest BCUT2D eigenvalue weighted by Crippen LogP contribution is 2.50. The van der Waals surface area contributed by atoms with E-state index in [0.717, 1.165) is 0 Å². The summed E-state index contributed by atoms with van der Waals surface area (Å²) in [5.41, 5.74) is 2.31. The molecule has 0 aromatic heterocycles. The van der Waals surface area contributed by atoms with Crippen LogP contribution in [0.4, 0.5) is 11.4 Å². The van der Waals surface area contributed by atoms with Crippen molar-refractivity contribution < 1.29 is 23.9 Å². The molecule has 0 aliphatic carbocycles. The van der Waals surface area contributed by atoms with Crippen LogP contribution in [0, 0.1) is 16.0 Å². The SMILES string of the molecule is O=C1OCC2=Nc3cc4c(cc3C(c3ccccc3[N+](=O)[O-])C12)OCCO4. The van der Waals surface area contributed by atoms with Gasteiger partial charge in [0, 0.05) is 23.6 Å². The Labute approximate surface area is 153 Å². The Morgan fingerprint density at radius 2 is 1.74 bits per heavy atom. The first-order valence-corrected chi connectivity index (χ1v) is 8.54. The molecule has 3 aliphatic rings. The van der Waals surface area contributed by atoms with Crippen molar-refractivity contribution in [1.82, 2.24) is 0 Å². The minimum Gasteiger partial charge on any atom is -0.486 e. The fourth-order valence-electron chi connectivity index (χ4n) is 3.93. The minimum absolute atomic E-state index is 0.0377. The third-order valence-electron chi connectivity index (χ3n) is 5.07. The van der Waals surface area contributed by atoms with Crippen LogP contribution in [-0.4, -0.2) is 36.4 Å². The number of rotatable bonds is 2. The number of nitro benzene ring substituents is 1. The van der Waals surface area contributed by atoms with Gasteiger partial charge in [-0.2, -0.15) is 0 Å². The molecule has 1 fully saturated rings. The van der Waals surface area contributed by atoms with E-state index >= 15 is 0 Å². The number of nitrogens with zero attached hydrogens (tertiary/aromatic N) is 2. The Hall–Kier alpha value is -3.42. The molecule has 8 heteroatoms. The van der Waals surface area contributed by atoms with Crippen LogP contribution in [0.3, 0.4) is 0 Å². The second-order valence-electron chi connectivity index (χ2n) is 6.54. The summed E-state index contributed by atoms with van der Waals surface area (Å²) in [7, 11) is 0. The third kappa shape index (κ3) is 2.37. The van der Waals surface area contributed by atoms with E-state index in [1.54, 1.807) is 30.3 Å². The van der Waals surface area contributed by atoms with Crippen LogP contribution in [0.2, 0.25) is 0 Å². The molecule has 2 atom stereocenters. The number of esters is 1. The molecular formula is C19H14N2O6. The van der Waals surface area contributed by atoms with Gasteiger partial charge in [0.25, 0.3) is 5.69 Å². The number of benzene rings is 2. The summed E-state index contributed by atoms with van der Waals surface area (Å²) >= 11 is 0. The molecule has 2 unspecified atom stereocenters. The summed E-state index contributed by atoms with van der Waals surface area (Å²) in [6, 6.07) is 9.99. The fraction of sp³-hybridized carbons (Fsp3) is 0.263. The zero-order valence-electron chi connectivity index (χ0n) is 14.1. The first kappa shape index (κ1) is 15.8. The van der Waals surface area contributed by atoms with Crippen molar-refractivity contribution in [1.29, 1.82) is 0 Å². The van der Waals surface area contributed by atoms with Crippen LogP contribution in [0.1, 0.15) is 17.0 Å². The predicted octanol–water partition coefficient (Wildman–Crippen LogP) is 2.76. The average molecular weight is 366 g/mol. The lowest BCUT2D eigenvalue weighted by molar-refractivity contribution is -0.385. The summed E-state index contributed by atoms with van der Waals surface area (Å²) < 4.78 is 16.5. The molecule has 27 heavy (non-hydrogen) atoms. The number of para-hydroxylation sites is 1. The Morgan fingerprint density at radius 3 is 2.52 bits per heavy atom. The van der Waals surface area contributed by atoms with Crippen molar-refractivity contribution in [2.24, 2.45) is 10.9 Å². The molecule has 1 saturated heterocycles. The minimum atomic E-state index is -0.679. The molecule has 0 amide bonds. The van der Waals surface area contributed by atoms with Gasteiger partial charge < -0.3 is 14.2 Å². The normalized spacial score (nSPS) is 22.4. The summed E-state index contributed by atoms with van der Waals surface area (Å²) in [5, 5.41) is 11.6. The molecule has 0 saturated carbocycles. The van der Waals surface area contributed by atoms with Crippen molar-refractivity contribution in [3.63, 3.8) is 0 Å². The van der Waals surface area contributed by atoms with Gasteiger partial charge in [0.2, 0.25) is 0 Å². The molecule has 2 aromatic carbocycles. The van der Waals surface area contributed by atoms with Gasteiger partial charge in [0.1, 0.15) is 25.7 Å². The molecule has 0 bridgehead atoms. The zero-order chi connectivity index (χ0) is 18.5. The first-order chi connectivity index (χ1) is 13.1. The second-order valence-corrected chi connectivity index (χ2v) is 6.54. The summed E-state index contributed by atoms with van der Waals surface area (Å²) in [5.74, 6) is -0.540. The highest BCUT2D eigenvalue weighted by atomic mass is 16.6. The number of carbonyl (C=O) groups is 1. The Balaban J connectivity index is 1.76. The average Bonchev–Trinajstić information content (AvgIpc) is 3.05. The van der Waals surface area contributed by atoms with E-state index in [0.29, 0.717) is 47.2 Å². The second kappa shape index (κ2) is 5.80. The largest absolute Gasteiger partial charge is 0.486 e. The standard InChI is InChI=1S/C19H14N2O6/c22-19-18-13(9-27-19)20-12-8-16-15(25-5-6-26-16)7-11(12)17(18)10-3-1-2-4-14(10)21(23)24/h1-4,7-8,17-18H,5-6,9H2. The maximum atomic E-state index is 12.4.